The number of carbonyl (C=O) groups excluding carboxylic acids is 2. The quantitative estimate of drug-likeness (QED) is 0.282. The number of nitrogens with one attached hydrogen (secondary N) is 3. The smallest absolute Gasteiger partial charge is 0.299 e. The summed E-state index contributed by atoms with van der Waals surface area (Å²) in [5.74, 6) is -1.46. The van der Waals surface area contributed by atoms with E-state index in [0.29, 0.717) is 25.2 Å². The maximum Gasteiger partial charge on any atom is 0.299 e. The molecule has 2 rings (SSSR count). The van der Waals surface area contributed by atoms with Crippen molar-refractivity contribution in [3.63, 3.8) is 0 Å². The van der Waals surface area contributed by atoms with Crippen molar-refractivity contribution in [2.45, 2.75) is 89.6 Å². The van der Waals surface area contributed by atoms with Crippen molar-refractivity contribution in [2.24, 2.45) is 11.8 Å². The summed E-state index contributed by atoms with van der Waals surface area (Å²) in [6, 6.07) is 8.25. The first-order chi connectivity index (χ1) is 16.7. The molecule has 1 aromatic rings. The van der Waals surface area contributed by atoms with Gasteiger partial charge in [-0.1, -0.05) is 76.3 Å². The molecular weight excluding hydrogens is 465 g/mol. The Morgan fingerprint density at radius 2 is 1.77 bits per heavy atom. The van der Waals surface area contributed by atoms with E-state index in [1.807, 2.05) is 44.2 Å². The van der Waals surface area contributed by atoms with Crippen molar-refractivity contribution in [3.8, 4) is 0 Å². The number of benzene rings is 1. The lowest BCUT2D eigenvalue weighted by Gasteiger charge is -2.34. The van der Waals surface area contributed by atoms with Crippen molar-refractivity contribution in [2.75, 3.05) is 14.2 Å². The monoisotopic (exact) mass is 509 g/mol. The van der Waals surface area contributed by atoms with Gasteiger partial charge in [0.05, 0.1) is 6.04 Å². The molecule has 1 aliphatic carbocycles. The number of hydrogen-bond donors (Lipinski definition) is 4. The first kappa shape index (κ1) is 29.5. The first-order valence-corrected chi connectivity index (χ1v) is 14.5. The van der Waals surface area contributed by atoms with E-state index in [4.69, 9.17) is 4.52 Å². The second-order valence-corrected chi connectivity index (χ2v) is 12.5. The van der Waals surface area contributed by atoms with Crippen molar-refractivity contribution >= 4 is 19.3 Å². The third-order valence-electron chi connectivity index (χ3n) is 6.77. The van der Waals surface area contributed by atoms with Crippen LogP contribution in [0.25, 0.3) is 0 Å². The molecule has 4 atom stereocenters. The molecule has 1 saturated carbocycles. The molecule has 0 aromatic heterocycles. The van der Waals surface area contributed by atoms with Gasteiger partial charge < -0.3 is 20.3 Å². The van der Waals surface area contributed by atoms with Crippen LogP contribution in [-0.2, 0) is 25.1 Å². The van der Waals surface area contributed by atoms with Crippen molar-refractivity contribution < 1.29 is 23.8 Å². The summed E-state index contributed by atoms with van der Waals surface area (Å²) in [7, 11) is -0.819. The van der Waals surface area contributed by atoms with Gasteiger partial charge in [0, 0.05) is 13.5 Å². The lowest BCUT2D eigenvalue weighted by Crippen LogP contribution is -2.53. The molecule has 0 heterocycles. The van der Waals surface area contributed by atoms with Gasteiger partial charge in [-0.2, -0.15) is 0 Å². The minimum absolute atomic E-state index is 0.171. The summed E-state index contributed by atoms with van der Waals surface area (Å²) >= 11 is 0. The molecule has 0 bridgehead atoms. The highest BCUT2D eigenvalue weighted by Gasteiger charge is 2.40. The normalized spacial score (nSPS) is 18.9. The van der Waals surface area contributed by atoms with Gasteiger partial charge in [-0.3, -0.25) is 14.2 Å². The molecule has 8 nitrogen and oxygen atoms in total. The molecule has 0 radical (unpaired) electrons. The predicted octanol–water partition coefficient (Wildman–Crippen LogP) is 3.98. The Hall–Kier alpha value is -1.73. The Bertz CT molecular complexity index is 822. The number of aryl methyl sites for hydroxylation is 1. The molecular formula is C26H44N3O5P. The molecule has 0 spiro atoms. The van der Waals surface area contributed by atoms with E-state index < -0.39 is 25.4 Å². The average Bonchev–Trinajstić information content (AvgIpc) is 2.86. The Morgan fingerprint density at radius 3 is 2.34 bits per heavy atom. The first-order valence-electron chi connectivity index (χ1n) is 12.8. The molecule has 0 saturated heterocycles. The third-order valence-corrected chi connectivity index (χ3v) is 9.00. The van der Waals surface area contributed by atoms with Crippen LogP contribution in [0.4, 0.5) is 0 Å². The molecule has 35 heavy (non-hydrogen) atoms. The van der Waals surface area contributed by atoms with Crippen LogP contribution in [0.15, 0.2) is 30.3 Å². The van der Waals surface area contributed by atoms with E-state index in [2.05, 4.69) is 15.7 Å². The lowest BCUT2D eigenvalue weighted by molar-refractivity contribution is -0.130. The number of rotatable bonds is 14. The summed E-state index contributed by atoms with van der Waals surface area (Å²) in [5, 5.41) is 19.4. The van der Waals surface area contributed by atoms with Gasteiger partial charge in [-0.15, -0.1) is 0 Å². The average molecular weight is 510 g/mol. The van der Waals surface area contributed by atoms with Crippen molar-refractivity contribution in [1.29, 1.82) is 0 Å². The van der Waals surface area contributed by atoms with Crippen LogP contribution in [0.1, 0.15) is 70.8 Å². The predicted molar refractivity (Wildman–Crippen MR) is 139 cm³/mol. The van der Waals surface area contributed by atoms with Crippen LogP contribution in [0, 0.1) is 11.8 Å². The van der Waals surface area contributed by atoms with Gasteiger partial charge in [0.1, 0.15) is 6.04 Å². The number of hydrogen-bond acceptors (Lipinski definition) is 5. The van der Waals surface area contributed by atoms with Crippen LogP contribution < -0.4 is 15.7 Å². The SMILES string of the molecule is CNP(=O)(OC)C(O)[C@H](CC1CCCCC1)NC(=O)[C@H](CC(C)C)NC(=O)CCc1ccccc1. The summed E-state index contributed by atoms with van der Waals surface area (Å²) in [6.45, 7) is 3.98. The van der Waals surface area contributed by atoms with Gasteiger partial charge in [-0.05, 0) is 43.7 Å². The maximum atomic E-state index is 13.4. The molecule has 1 aliphatic rings. The lowest BCUT2D eigenvalue weighted by atomic mass is 9.85. The molecule has 2 amide bonds. The van der Waals surface area contributed by atoms with E-state index >= 15 is 0 Å². The fourth-order valence-electron chi connectivity index (χ4n) is 4.76. The second kappa shape index (κ2) is 14.7. The van der Waals surface area contributed by atoms with E-state index in [-0.39, 0.29) is 24.2 Å². The zero-order chi connectivity index (χ0) is 25.8. The number of amides is 2. The standard InChI is InChI=1S/C26H44N3O5P/c1-19(2)17-22(28-24(30)16-15-20-11-7-5-8-12-20)25(31)29-23(18-21-13-9-6-10-14-21)26(32)35(33,27-3)34-4/h5,7-8,11-12,19,21-23,26,32H,6,9-10,13-18H2,1-4H3,(H,27,33)(H,28,30)(H,29,31)/t22-,23-,26?,35?/m0/s1. The Labute approximate surface area is 210 Å². The summed E-state index contributed by atoms with van der Waals surface area (Å²) < 4.78 is 18.2. The highest BCUT2D eigenvalue weighted by atomic mass is 31.2. The highest BCUT2D eigenvalue weighted by molar-refractivity contribution is 7.57. The maximum absolute atomic E-state index is 13.4. The highest BCUT2D eigenvalue weighted by Crippen LogP contribution is 2.47. The van der Waals surface area contributed by atoms with Crippen LogP contribution >= 0.6 is 7.52 Å². The molecule has 4 N–H and O–H groups in total. The van der Waals surface area contributed by atoms with E-state index in [1.54, 1.807) is 0 Å². The molecule has 1 aromatic carbocycles. The van der Waals surface area contributed by atoms with Gasteiger partial charge in [0.25, 0.3) is 7.52 Å². The van der Waals surface area contributed by atoms with Crippen LogP contribution in [-0.4, -0.2) is 49.0 Å². The largest absolute Gasteiger partial charge is 0.379 e. The van der Waals surface area contributed by atoms with Gasteiger partial charge in [-0.25, -0.2) is 5.09 Å². The topological polar surface area (TPSA) is 117 Å². The van der Waals surface area contributed by atoms with Crippen LogP contribution in [0.5, 0.6) is 0 Å². The van der Waals surface area contributed by atoms with Crippen molar-refractivity contribution in [3.05, 3.63) is 35.9 Å². The molecule has 1 fully saturated rings. The third kappa shape index (κ3) is 9.68. The van der Waals surface area contributed by atoms with E-state index in [1.165, 1.54) is 20.6 Å². The van der Waals surface area contributed by atoms with Gasteiger partial charge >= 0.3 is 0 Å². The summed E-state index contributed by atoms with van der Waals surface area (Å²) in [6.07, 6.45) is 7.29. The van der Waals surface area contributed by atoms with Crippen LogP contribution in [0.2, 0.25) is 0 Å². The molecule has 9 heteroatoms. The Balaban J connectivity index is 2.11. The van der Waals surface area contributed by atoms with E-state index in [0.717, 1.165) is 31.2 Å². The molecule has 0 aliphatic heterocycles. The summed E-state index contributed by atoms with van der Waals surface area (Å²) in [5.41, 5.74) is 1.06. The van der Waals surface area contributed by atoms with Crippen molar-refractivity contribution in [1.82, 2.24) is 15.7 Å². The zero-order valence-corrected chi connectivity index (χ0v) is 22.6. The Morgan fingerprint density at radius 1 is 1.11 bits per heavy atom. The Kier molecular flexibility index (Phi) is 12.4. The zero-order valence-electron chi connectivity index (χ0n) is 21.7. The minimum atomic E-state index is -3.58. The number of aliphatic hydroxyl groups is 1. The molecule has 2 unspecified atom stereocenters. The fourth-order valence-corrected chi connectivity index (χ4v) is 6.09. The molecule has 198 valence electrons. The van der Waals surface area contributed by atoms with E-state index in [9.17, 15) is 19.3 Å². The second-order valence-electron chi connectivity index (χ2n) is 10.0. The minimum Gasteiger partial charge on any atom is -0.379 e. The number of carbonyl (C=O) groups is 2. The number of aliphatic hydroxyl groups excluding tert-OH is 1. The summed E-state index contributed by atoms with van der Waals surface area (Å²) in [4.78, 5) is 26.0. The van der Waals surface area contributed by atoms with Gasteiger partial charge in [0.2, 0.25) is 11.8 Å². The van der Waals surface area contributed by atoms with Gasteiger partial charge in [0.15, 0.2) is 5.85 Å². The van der Waals surface area contributed by atoms with Crippen LogP contribution in [0.3, 0.4) is 0 Å². The fraction of sp³-hybridized carbons (Fsp3) is 0.692.